The van der Waals surface area contributed by atoms with Crippen LogP contribution < -0.4 is 5.32 Å². The molecule has 1 aliphatic rings. The number of rotatable bonds is 3. The molecule has 2 heterocycles. The molecule has 1 fully saturated rings. The molecule has 5 heteroatoms. The van der Waals surface area contributed by atoms with Crippen LogP contribution in [0.5, 0.6) is 0 Å². The van der Waals surface area contributed by atoms with Crippen molar-refractivity contribution in [2.45, 2.75) is 33.2 Å². The van der Waals surface area contributed by atoms with Gasteiger partial charge in [0.1, 0.15) is 6.04 Å². The van der Waals surface area contributed by atoms with E-state index in [4.69, 9.17) is 0 Å². The molecule has 1 atom stereocenters. The van der Waals surface area contributed by atoms with E-state index in [0.29, 0.717) is 6.54 Å². The third kappa shape index (κ3) is 3.35. The monoisotopic (exact) mass is 280 g/mol. The van der Waals surface area contributed by atoms with Crippen molar-refractivity contribution in [1.82, 2.24) is 10.2 Å². The predicted molar refractivity (Wildman–Crippen MR) is 76.0 cm³/mol. The van der Waals surface area contributed by atoms with Gasteiger partial charge in [-0.3, -0.25) is 9.59 Å². The van der Waals surface area contributed by atoms with Gasteiger partial charge in [0.15, 0.2) is 0 Å². The van der Waals surface area contributed by atoms with E-state index in [1.54, 1.807) is 16.2 Å². The first-order chi connectivity index (χ1) is 8.88. The Hall–Kier alpha value is -1.36. The van der Waals surface area contributed by atoms with Gasteiger partial charge in [-0.1, -0.05) is 26.8 Å². The van der Waals surface area contributed by atoms with E-state index >= 15 is 0 Å². The molecule has 0 radical (unpaired) electrons. The van der Waals surface area contributed by atoms with Crippen LogP contribution in [0.15, 0.2) is 17.5 Å². The quantitative estimate of drug-likeness (QED) is 0.915. The lowest BCUT2D eigenvalue weighted by atomic mass is 9.85. The summed E-state index contributed by atoms with van der Waals surface area (Å²) in [5.74, 6) is -0.0330. The summed E-state index contributed by atoms with van der Waals surface area (Å²) in [4.78, 5) is 27.0. The molecular formula is C14H20N2O2S. The molecule has 4 nitrogen and oxygen atoms in total. The maximum Gasteiger partial charge on any atom is 0.246 e. The molecule has 1 aromatic heterocycles. The highest BCUT2D eigenvalue weighted by molar-refractivity contribution is 7.09. The number of carbonyl (C=O) groups excluding carboxylic acids is 2. The second kappa shape index (κ2) is 5.33. The van der Waals surface area contributed by atoms with Gasteiger partial charge in [-0.15, -0.1) is 11.3 Å². The van der Waals surface area contributed by atoms with Crippen LogP contribution in [0.3, 0.4) is 0 Å². The summed E-state index contributed by atoms with van der Waals surface area (Å²) in [6, 6.07) is 3.64. The zero-order valence-electron chi connectivity index (χ0n) is 11.6. The van der Waals surface area contributed by atoms with Crippen LogP contribution in [-0.2, 0) is 16.0 Å². The van der Waals surface area contributed by atoms with Gasteiger partial charge in [0.05, 0.1) is 6.54 Å². The van der Waals surface area contributed by atoms with Crippen LogP contribution >= 0.6 is 11.3 Å². The van der Waals surface area contributed by atoms with Crippen LogP contribution in [0.2, 0.25) is 0 Å². The lowest BCUT2D eigenvalue weighted by Gasteiger charge is -2.38. The van der Waals surface area contributed by atoms with Gasteiger partial charge in [0.2, 0.25) is 11.8 Å². The summed E-state index contributed by atoms with van der Waals surface area (Å²) in [5.41, 5.74) is -0.256. The number of piperazine rings is 1. The molecule has 1 unspecified atom stereocenters. The first-order valence-electron chi connectivity index (χ1n) is 6.48. The maximum absolute atomic E-state index is 12.4. The van der Waals surface area contributed by atoms with Gasteiger partial charge in [-0.25, -0.2) is 0 Å². The highest BCUT2D eigenvalue weighted by Crippen LogP contribution is 2.23. The van der Waals surface area contributed by atoms with E-state index in [9.17, 15) is 9.59 Å². The maximum atomic E-state index is 12.4. The first kappa shape index (κ1) is 14.1. The number of nitrogens with zero attached hydrogens (tertiary/aromatic N) is 1. The van der Waals surface area contributed by atoms with E-state index in [2.05, 4.69) is 11.4 Å². The average Bonchev–Trinajstić information content (AvgIpc) is 2.81. The topological polar surface area (TPSA) is 49.4 Å². The van der Waals surface area contributed by atoms with E-state index < -0.39 is 6.04 Å². The first-order valence-corrected chi connectivity index (χ1v) is 7.36. The molecule has 2 rings (SSSR count). The Morgan fingerprint density at radius 3 is 2.74 bits per heavy atom. The summed E-state index contributed by atoms with van der Waals surface area (Å²) >= 11 is 1.68. The second-order valence-electron chi connectivity index (χ2n) is 5.96. The zero-order chi connectivity index (χ0) is 14.0. The van der Waals surface area contributed by atoms with Gasteiger partial charge in [-0.05, 0) is 23.3 Å². The SMILES string of the molecule is CC(C)(C)C1NC(=O)CN(CCc2cccs2)C1=O. The Bertz CT molecular complexity index is 462. The minimum absolute atomic E-state index is 0.0312. The fourth-order valence-corrected chi connectivity index (χ4v) is 2.88. The highest BCUT2D eigenvalue weighted by atomic mass is 32.1. The molecule has 1 aliphatic heterocycles. The van der Waals surface area contributed by atoms with Crippen LogP contribution in [0.25, 0.3) is 0 Å². The van der Waals surface area contributed by atoms with Gasteiger partial charge >= 0.3 is 0 Å². The number of amides is 2. The van der Waals surface area contributed by atoms with E-state index in [-0.39, 0.29) is 23.8 Å². The van der Waals surface area contributed by atoms with Crippen molar-refractivity contribution in [1.29, 1.82) is 0 Å². The Kier molecular flexibility index (Phi) is 3.94. The van der Waals surface area contributed by atoms with Crippen LogP contribution in [-0.4, -0.2) is 35.8 Å². The fourth-order valence-electron chi connectivity index (χ4n) is 2.18. The molecule has 104 valence electrons. The minimum atomic E-state index is -0.419. The Morgan fingerprint density at radius 1 is 1.42 bits per heavy atom. The van der Waals surface area contributed by atoms with Crippen LogP contribution in [0.4, 0.5) is 0 Å². The third-order valence-electron chi connectivity index (χ3n) is 3.27. The number of nitrogens with one attached hydrogen (secondary N) is 1. The summed E-state index contributed by atoms with van der Waals surface area (Å²) < 4.78 is 0. The summed E-state index contributed by atoms with van der Waals surface area (Å²) in [5, 5.41) is 4.83. The second-order valence-corrected chi connectivity index (χ2v) is 6.99. The van der Waals surface area contributed by atoms with E-state index in [1.807, 2.05) is 32.2 Å². The number of hydrogen-bond acceptors (Lipinski definition) is 3. The minimum Gasteiger partial charge on any atom is -0.342 e. The van der Waals surface area contributed by atoms with Crippen molar-refractivity contribution in [3.05, 3.63) is 22.4 Å². The van der Waals surface area contributed by atoms with Gasteiger partial charge < -0.3 is 10.2 Å². The zero-order valence-corrected chi connectivity index (χ0v) is 12.4. The molecule has 2 amide bonds. The van der Waals surface area contributed by atoms with Gasteiger partial charge in [0, 0.05) is 11.4 Å². The molecule has 0 saturated carbocycles. The fraction of sp³-hybridized carbons (Fsp3) is 0.571. The molecule has 19 heavy (non-hydrogen) atoms. The molecule has 1 N–H and O–H groups in total. The van der Waals surface area contributed by atoms with Crippen molar-refractivity contribution >= 4 is 23.2 Å². The molecule has 0 bridgehead atoms. The van der Waals surface area contributed by atoms with E-state index in [0.717, 1.165) is 6.42 Å². The number of hydrogen-bond donors (Lipinski definition) is 1. The van der Waals surface area contributed by atoms with Gasteiger partial charge in [0.25, 0.3) is 0 Å². The molecule has 0 aromatic carbocycles. The summed E-state index contributed by atoms with van der Waals surface area (Å²) in [6.07, 6.45) is 0.813. The van der Waals surface area contributed by atoms with Crippen molar-refractivity contribution < 1.29 is 9.59 Å². The van der Waals surface area contributed by atoms with E-state index in [1.165, 1.54) is 4.88 Å². The third-order valence-corrected chi connectivity index (χ3v) is 4.21. The number of thiophene rings is 1. The Morgan fingerprint density at radius 2 is 2.16 bits per heavy atom. The molecule has 0 spiro atoms. The summed E-state index contributed by atoms with van der Waals surface area (Å²) in [6.45, 7) is 6.70. The van der Waals surface area contributed by atoms with Crippen molar-refractivity contribution in [2.75, 3.05) is 13.1 Å². The smallest absolute Gasteiger partial charge is 0.246 e. The lowest BCUT2D eigenvalue weighted by Crippen LogP contribution is -2.62. The van der Waals surface area contributed by atoms with Crippen molar-refractivity contribution in [3.8, 4) is 0 Å². The molecule has 0 aliphatic carbocycles. The number of carbonyl (C=O) groups is 2. The predicted octanol–water partition coefficient (Wildman–Crippen LogP) is 1.66. The highest BCUT2D eigenvalue weighted by Gasteiger charge is 2.39. The van der Waals surface area contributed by atoms with Crippen LogP contribution in [0.1, 0.15) is 25.6 Å². The van der Waals surface area contributed by atoms with Gasteiger partial charge in [-0.2, -0.15) is 0 Å². The molecule has 1 aromatic rings. The van der Waals surface area contributed by atoms with Crippen LogP contribution in [0, 0.1) is 5.41 Å². The molecular weight excluding hydrogens is 260 g/mol. The van der Waals surface area contributed by atoms with Crippen molar-refractivity contribution in [2.24, 2.45) is 5.41 Å². The summed E-state index contributed by atoms with van der Waals surface area (Å²) in [7, 11) is 0. The largest absolute Gasteiger partial charge is 0.342 e. The normalized spacial score (nSPS) is 20.6. The Balaban J connectivity index is 2.03. The average molecular weight is 280 g/mol. The van der Waals surface area contributed by atoms with Crippen molar-refractivity contribution in [3.63, 3.8) is 0 Å². The standard InChI is InChI=1S/C14H20N2O2S/c1-14(2,3)12-13(18)16(9-11(17)15-12)7-6-10-5-4-8-19-10/h4-5,8,12H,6-7,9H2,1-3H3,(H,15,17). The Labute approximate surface area is 117 Å². The lowest BCUT2D eigenvalue weighted by molar-refractivity contribution is -0.147. The molecule has 1 saturated heterocycles.